The van der Waals surface area contributed by atoms with Crippen molar-refractivity contribution in [2.75, 3.05) is 0 Å². The van der Waals surface area contributed by atoms with Crippen molar-refractivity contribution in [1.82, 2.24) is 0 Å². The van der Waals surface area contributed by atoms with Crippen molar-refractivity contribution in [3.63, 3.8) is 0 Å². The van der Waals surface area contributed by atoms with Crippen LogP contribution in [0.4, 0.5) is 0 Å². The Morgan fingerprint density at radius 2 is 2.27 bits per heavy atom. The first-order chi connectivity index (χ1) is 7.06. The maximum Gasteiger partial charge on any atom is 0.140 e. The molecule has 0 aliphatic heterocycles. The third-order valence-electron chi connectivity index (χ3n) is 5.25. The minimum absolute atomic E-state index is 0.185. The van der Waals surface area contributed by atoms with Gasteiger partial charge in [0.2, 0.25) is 0 Å². The summed E-state index contributed by atoms with van der Waals surface area (Å²) in [5.41, 5.74) is 0.619. The van der Waals surface area contributed by atoms with Gasteiger partial charge in [0.1, 0.15) is 5.78 Å². The topological polar surface area (TPSA) is 17.1 Å². The average Bonchev–Trinajstić information content (AvgIpc) is 3.00. The van der Waals surface area contributed by atoms with E-state index >= 15 is 0 Å². The van der Waals surface area contributed by atoms with Gasteiger partial charge in [-0.1, -0.05) is 19.9 Å². The smallest absolute Gasteiger partial charge is 0.140 e. The molecule has 0 saturated heterocycles. The molecule has 2 unspecified atom stereocenters. The molecule has 3 rings (SSSR count). The van der Waals surface area contributed by atoms with Crippen LogP contribution in [0.15, 0.2) is 12.7 Å². The molecule has 3 saturated carbocycles. The lowest BCUT2D eigenvalue weighted by Crippen LogP contribution is -2.34. The van der Waals surface area contributed by atoms with Crippen LogP contribution in [-0.4, -0.2) is 5.78 Å². The summed E-state index contributed by atoms with van der Waals surface area (Å²) in [6.07, 6.45) is 6.11. The third kappa shape index (κ3) is 0.926. The monoisotopic (exact) mass is 204 g/mol. The normalized spacial score (nSPS) is 48.0. The van der Waals surface area contributed by atoms with Gasteiger partial charge in [-0.15, -0.1) is 6.58 Å². The first-order valence-corrected chi connectivity index (χ1v) is 6.21. The van der Waals surface area contributed by atoms with E-state index in [-0.39, 0.29) is 5.41 Å². The van der Waals surface area contributed by atoms with Crippen LogP contribution in [-0.2, 0) is 4.79 Å². The Morgan fingerprint density at radius 1 is 1.53 bits per heavy atom. The fourth-order valence-electron chi connectivity index (χ4n) is 4.54. The van der Waals surface area contributed by atoms with Crippen molar-refractivity contribution >= 4 is 5.78 Å². The maximum atomic E-state index is 12.2. The minimum atomic E-state index is 0.185. The summed E-state index contributed by atoms with van der Waals surface area (Å²) in [5.74, 6) is 2.86. The third-order valence-corrected chi connectivity index (χ3v) is 5.25. The number of hydrogen-bond acceptors (Lipinski definition) is 1. The second-order valence-corrected chi connectivity index (χ2v) is 6.32. The predicted molar refractivity (Wildman–Crippen MR) is 60.4 cm³/mol. The molecule has 0 aromatic carbocycles. The van der Waals surface area contributed by atoms with Crippen molar-refractivity contribution in [1.29, 1.82) is 0 Å². The molecule has 0 spiro atoms. The van der Waals surface area contributed by atoms with Gasteiger partial charge in [0.25, 0.3) is 0 Å². The summed E-state index contributed by atoms with van der Waals surface area (Å²) in [5, 5.41) is 0. The fourth-order valence-corrected chi connectivity index (χ4v) is 4.54. The lowest BCUT2D eigenvalue weighted by atomic mass is 9.65. The molecular formula is C14H20O. The Bertz CT molecular complexity index is 341. The van der Waals surface area contributed by atoms with E-state index in [1.165, 1.54) is 12.8 Å². The number of rotatable bonds is 4. The van der Waals surface area contributed by atoms with Crippen LogP contribution in [0, 0.1) is 28.6 Å². The molecule has 82 valence electrons. The van der Waals surface area contributed by atoms with Crippen molar-refractivity contribution in [3.8, 4) is 0 Å². The largest absolute Gasteiger partial charge is 0.299 e. The van der Waals surface area contributed by atoms with Crippen molar-refractivity contribution in [2.24, 2.45) is 28.6 Å². The van der Waals surface area contributed by atoms with Crippen molar-refractivity contribution in [2.45, 2.75) is 39.5 Å². The summed E-state index contributed by atoms with van der Waals surface area (Å²) in [6.45, 7) is 8.40. The molecule has 0 aromatic rings. The van der Waals surface area contributed by atoms with E-state index in [2.05, 4.69) is 20.4 Å². The molecule has 0 heterocycles. The average molecular weight is 204 g/mol. The van der Waals surface area contributed by atoms with E-state index < -0.39 is 0 Å². The highest BCUT2D eigenvalue weighted by molar-refractivity contribution is 5.94. The molecule has 1 nitrogen and oxygen atoms in total. The molecule has 15 heavy (non-hydrogen) atoms. The number of ketones is 1. The number of carbonyl (C=O) groups is 1. The first-order valence-electron chi connectivity index (χ1n) is 6.21. The summed E-state index contributed by atoms with van der Waals surface area (Å²) < 4.78 is 0. The number of allylic oxidation sites excluding steroid dienone is 1. The Morgan fingerprint density at radius 3 is 2.80 bits per heavy atom. The van der Waals surface area contributed by atoms with Gasteiger partial charge in [0.05, 0.1) is 0 Å². The number of hydrogen-bond donors (Lipinski definition) is 0. The zero-order chi connectivity index (χ0) is 10.8. The SMILES string of the molecule is C=CCCC(=O)[C@@]12C3CCC(C)(C)C1[C@@H]32. The quantitative estimate of drug-likeness (QED) is 0.643. The van der Waals surface area contributed by atoms with Gasteiger partial charge in [-0.2, -0.15) is 0 Å². The molecule has 0 amide bonds. The standard InChI is InChI=1S/C14H20O/c1-4-5-6-10(15)14-9-7-8-13(2,3)12(14)11(9)14/h4,9,11-12H,1,5-8H2,2-3H3/t9?,11-,12?,14-/m1/s1. The van der Waals surface area contributed by atoms with Gasteiger partial charge < -0.3 is 0 Å². The lowest BCUT2D eigenvalue weighted by Gasteiger charge is -2.39. The Kier molecular flexibility index (Phi) is 1.64. The van der Waals surface area contributed by atoms with E-state index in [0.29, 0.717) is 11.2 Å². The lowest BCUT2D eigenvalue weighted by molar-refractivity contribution is -0.125. The molecule has 3 aliphatic rings. The highest BCUT2D eigenvalue weighted by atomic mass is 16.1. The predicted octanol–water partition coefficient (Wildman–Crippen LogP) is 3.20. The second-order valence-electron chi connectivity index (χ2n) is 6.32. The summed E-state index contributed by atoms with van der Waals surface area (Å²) >= 11 is 0. The second kappa shape index (κ2) is 2.56. The molecule has 0 aromatic heterocycles. The number of carbonyl (C=O) groups excluding carboxylic acids is 1. The van der Waals surface area contributed by atoms with Crippen LogP contribution in [0.3, 0.4) is 0 Å². The molecular weight excluding hydrogens is 184 g/mol. The molecule has 3 fully saturated rings. The summed E-state index contributed by atoms with van der Waals surface area (Å²) in [7, 11) is 0. The van der Waals surface area contributed by atoms with Crippen LogP contribution in [0.1, 0.15) is 39.5 Å². The highest BCUT2D eigenvalue weighted by Crippen LogP contribution is 2.92. The van der Waals surface area contributed by atoms with E-state index in [4.69, 9.17) is 0 Å². The highest BCUT2D eigenvalue weighted by Gasteiger charge is 2.92. The maximum absolute atomic E-state index is 12.2. The van der Waals surface area contributed by atoms with Crippen LogP contribution >= 0.6 is 0 Å². The molecule has 4 atom stereocenters. The van der Waals surface area contributed by atoms with Gasteiger partial charge in [0, 0.05) is 11.8 Å². The molecule has 0 N–H and O–H groups in total. The van der Waals surface area contributed by atoms with Crippen LogP contribution in [0.25, 0.3) is 0 Å². The Balaban J connectivity index is 1.75. The molecule has 0 radical (unpaired) electrons. The zero-order valence-corrected chi connectivity index (χ0v) is 9.75. The number of Topliss-reactive ketones (excluding diaryl/α,β-unsaturated/α-hetero) is 1. The zero-order valence-electron chi connectivity index (χ0n) is 9.75. The van der Waals surface area contributed by atoms with Crippen molar-refractivity contribution < 1.29 is 4.79 Å². The number of fused-ring (bicyclic) bond motifs is 2. The van der Waals surface area contributed by atoms with E-state index in [9.17, 15) is 4.79 Å². The van der Waals surface area contributed by atoms with E-state index in [0.717, 1.165) is 30.6 Å². The van der Waals surface area contributed by atoms with Crippen LogP contribution in [0.5, 0.6) is 0 Å². The van der Waals surface area contributed by atoms with Crippen molar-refractivity contribution in [3.05, 3.63) is 12.7 Å². The first kappa shape index (κ1) is 9.62. The van der Waals surface area contributed by atoms with Gasteiger partial charge in [0.15, 0.2) is 0 Å². The van der Waals surface area contributed by atoms with Crippen LogP contribution < -0.4 is 0 Å². The van der Waals surface area contributed by atoms with E-state index in [1.807, 2.05) is 6.08 Å². The van der Waals surface area contributed by atoms with Gasteiger partial charge in [-0.25, -0.2) is 0 Å². The Labute approximate surface area is 91.9 Å². The minimum Gasteiger partial charge on any atom is -0.299 e. The summed E-state index contributed by atoms with van der Waals surface area (Å²) in [6, 6.07) is 0. The molecule has 1 heteroatoms. The van der Waals surface area contributed by atoms with Gasteiger partial charge >= 0.3 is 0 Å². The van der Waals surface area contributed by atoms with Gasteiger partial charge in [-0.3, -0.25) is 4.79 Å². The molecule has 3 aliphatic carbocycles. The van der Waals surface area contributed by atoms with Gasteiger partial charge in [-0.05, 0) is 42.4 Å². The Hall–Kier alpha value is -0.590. The molecule has 0 bridgehead atoms. The van der Waals surface area contributed by atoms with Crippen LogP contribution in [0.2, 0.25) is 0 Å². The summed E-state index contributed by atoms with van der Waals surface area (Å²) in [4.78, 5) is 12.2. The van der Waals surface area contributed by atoms with E-state index in [1.54, 1.807) is 0 Å². The fraction of sp³-hybridized carbons (Fsp3) is 0.786.